The Balaban J connectivity index is 1.49. The molecule has 146 valence electrons. The number of halogens is 1. The van der Waals surface area contributed by atoms with Crippen LogP contribution in [0.2, 0.25) is 5.02 Å². The van der Waals surface area contributed by atoms with Crippen molar-refractivity contribution in [2.45, 2.75) is 12.8 Å². The summed E-state index contributed by atoms with van der Waals surface area (Å²) in [6.07, 6.45) is 2.72. The second-order valence-corrected chi connectivity index (χ2v) is 7.31. The fraction of sp³-hybridized carbons (Fsp3) is 0.350. The number of rotatable bonds is 3. The van der Waals surface area contributed by atoms with Crippen molar-refractivity contribution in [2.24, 2.45) is 0 Å². The molecule has 3 amide bonds. The average molecular weight is 402 g/mol. The number of amides is 3. The quantitative estimate of drug-likeness (QED) is 0.792. The van der Waals surface area contributed by atoms with E-state index in [1.54, 1.807) is 45.0 Å². The van der Waals surface area contributed by atoms with Crippen molar-refractivity contribution in [3.8, 4) is 0 Å². The maximum absolute atomic E-state index is 13.1. The van der Waals surface area contributed by atoms with Crippen LogP contribution in [0.15, 0.2) is 41.0 Å². The standard InChI is InChI=1S/C20H20ClN3O4/c21-14-5-6-15(16(13-14)24-7-1-4-18(24)25)19(26)22-8-10-23(11-9-22)20(27)17-3-2-12-28-17/h2-3,5-6,12-13H,1,4,7-11H2. The van der Waals surface area contributed by atoms with Gasteiger partial charge >= 0.3 is 0 Å². The Bertz CT molecular complexity index is 904. The molecule has 2 aliphatic rings. The largest absolute Gasteiger partial charge is 0.459 e. The van der Waals surface area contributed by atoms with Crippen LogP contribution in [0.4, 0.5) is 5.69 Å². The maximum atomic E-state index is 13.1. The van der Waals surface area contributed by atoms with E-state index in [-0.39, 0.29) is 17.7 Å². The van der Waals surface area contributed by atoms with Gasteiger partial charge in [0.05, 0.1) is 17.5 Å². The molecule has 8 heteroatoms. The van der Waals surface area contributed by atoms with Crippen LogP contribution in [0.25, 0.3) is 0 Å². The zero-order valence-corrected chi connectivity index (χ0v) is 16.0. The Hall–Kier alpha value is -2.80. The second kappa shape index (κ2) is 7.67. The number of hydrogen-bond acceptors (Lipinski definition) is 4. The number of carbonyl (C=O) groups is 3. The topological polar surface area (TPSA) is 74.1 Å². The van der Waals surface area contributed by atoms with Crippen LogP contribution in [-0.2, 0) is 4.79 Å². The Kier molecular flexibility index (Phi) is 5.09. The minimum absolute atomic E-state index is 0.00480. The summed E-state index contributed by atoms with van der Waals surface area (Å²) in [4.78, 5) is 42.7. The SMILES string of the molecule is O=C(c1ccco1)N1CCN(C(=O)c2ccc(Cl)cc2N2CCCC2=O)CC1. The molecule has 2 aromatic rings. The Morgan fingerprint density at radius 1 is 0.964 bits per heavy atom. The van der Waals surface area contributed by atoms with E-state index < -0.39 is 0 Å². The third-order valence-electron chi connectivity index (χ3n) is 5.14. The molecule has 4 rings (SSSR count). The van der Waals surface area contributed by atoms with Gasteiger partial charge in [-0.25, -0.2) is 0 Å². The Morgan fingerprint density at radius 3 is 2.29 bits per heavy atom. The fourth-order valence-corrected chi connectivity index (χ4v) is 3.82. The highest BCUT2D eigenvalue weighted by Gasteiger charge is 2.30. The normalized spacial score (nSPS) is 17.3. The predicted octanol–water partition coefficient (Wildman–Crippen LogP) is 2.66. The van der Waals surface area contributed by atoms with Crippen molar-refractivity contribution in [2.75, 3.05) is 37.6 Å². The first kappa shape index (κ1) is 18.6. The van der Waals surface area contributed by atoms with Crippen molar-refractivity contribution in [1.29, 1.82) is 0 Å². The summed E-state index contributed by atoms with van der Waals surface area (Å²) in [5.74, 6) is -0.0269. The van der Waals surface area contributed by atoms with Crippen LogP contribution in [0.1, 0.15) is 33.8 Å². The second-order valence-electron chi connectivity index (χ2n) is 6.87. The highest BCUT2D eigenvalue weighted by molar-refractivity contribution is 6.31. The molecule has 1 aromatic heterocycles. The fourth-order valence-electron chi connectivity index (χ4n) is 3.65. The number of nitrogens with zero attached hydrogens (tertiary/aromatic N) is 3. The molecule has 3 heterocycles. The van der Waals surface area contributed by atoms with Gasteiger partial charge in [-0.05, 0) is 36.8 Å². The molecule has 2 aliphatic heterocycles. The lowest BCUT2D eigenvalue weighted by Gasteiger charge is -2.35. The van der Waals surface area contributed by atoms with Gasteiger partial charge < -0.3 is 19.1 Å². The van der Waals surface area contributed by atoms with Crippen molar-refractivity contribution in [3.63, 3.8) is 0 Å². The van der Waals surface area contributed by atoms with Crippen LogP contribution >= 0.6 is 11.6 Å². The van der Waals surface area contributed by atoms with Gasteiger partial charge in [0.15, 0.2) is 5.76 Å². The summed E-state index contributed by atoms with van der Waals surface area (Å²) >= 11 is 6.12. The van der Waals surface area contributed by atoms with Gasteiger partial charge in [-0.3, -0.25) is 14.4 Å². The lowest BCUT2D eigenvalue weighted by Crippen LogP contribution is -2.50. The minimum atomic E-state index is -0.174. The van der Waals surface area contributed by atoms with Crippen LogP contribution in [0.5, 0.6) is 0 Å². The van der Waals surface area contributed by atoms with Gasteiger partial charge in [0.2, 0.25) is 5.91 Å². The number of piperazine rings is 1. The van der Waals surface area contributed by atoms with Crippen molar-refractivity contribution >= 4 is 35.0 Å². The van der Waals surface area contributed by atoms with E-state index in [9.17, 15) is 14.4 Å². The summed E-state index contributed by atoms with van der Waals surface area (Å²) in [6, 6.07) is 8.32. The van der Waals surface area contributed by atoms with Crippen molar-refractivity contribution in [1.82, 2.24) is 9.80 Å². The predicted molar refractivity (Wildman–Crippen MR) is 104 cm³/mol. The van der Waals surface area contributed by atoms with Crippen LogP contribution < -0.4 is 4.90 Å². The lowest BCUT2D eigenvalue weighted by atomic mass is 10.1. The van der Waals surface area contributed by atoms with Gasteiger partial charge in [-0.1, -0.05) is 11.6 Å². The van der Waals surface area contributed by atoms with E-state index >= 15 is 0 Å². The maximum Gasteiger partial charge on any atom is 0.289 e. The molecule has 2 saturated heterocycles. The highest BCUT2D eigenvalue weighted by Crippen LogP contribution is 2.30. The first-order valence-electron chi connectivity index (χ1n) is 9.26. The Labute approximate surface area is 167 Å². The molecule has 28 heavy (non-hydrogen) atoms. The summed E-state index contributed by atoms with van der Waals surface area (Å²) in [7, 11) is 0. The molecule has 0 radical (unpaired) electrons. The summed E-state index contributed by atoms with van der Waals surface area (Å²) < 4.78 is 5.16. The summed E-state index contributed by atoms with van der Waals surface area (Å²) in [5.41, 5.74) is 1.03. The van der Waals surface area contributed by atoms with Gasteiger partial charge in [0.25, 0.3) is 11.8 Å². The molecular formula is C20H20ClN3O4. The molecule has 0 spiro atoms. The molecule has 7 nitrogen and oxygen atoms in total. The number of hydrogen-bond donors (Lipinski definition) is 0. The van der Waals surface area contributed by atoms with Gasteiger partial charge in [-0.15, -0.1) is 0 Å². The monoisotopic (exact) mass is 401 g/mol. The third-order valence-corrected chi connectivity index (χ3v) is 5.38. The molecule has 2 fully saturated rings. The molecule has 1 aromatic carbocycles. The number of carbonyl (C=O) groups excluding carboxylic acids is 3. The molecule has 0 bridgehead atoms. The zero-order chi connectivity index (χ0) is 19.7. The number of benzene rings is 1. The van der Waals surface area contributed by atoms with E-state index in [0.29, 0.717) is 61.2 Å². The first-order valence-corrected chi connectivity index (χ1v) is 9.64. The molecule has 0 saturated carbocycles. The number of anilines is 1. The van der Waals surface area contributed by atoms with Gasteiger partial charge in [0, 0.05) is 44.2 Å². The van der Waals surface area contributed by atoms with Crippen molar-refractivity contribution < 1.29 is 18.8 Å². The molecule has 0 N–H and O–H groups in total. The lowest BCUT2D eigenvalue weighted by molar-refractivity contribution is -0.117. The van der Waals surface area contributed by atoms with Crippen LogP contribution in [0.3, 0.4) is 0 Å². The number of furan rings is 1. The summed E-state index contributed by atoms with van der Waals surface area (Å²) in [5, 5.41) is 0.486. The van der Waals surface area contributed by atoms with E-state index in [1.807, 2.05) is 0 Å². The van der Waals surface area contributed by atoms with E-state index in [1.165, 1.54) is 6.26 Å². The smallest absolute Gasteiger partial charge is 0.289 e. The molecule has 0 aliphatic carbocycles. The van der Waals surface area contributed by atoms with Gasteiger partial charge in [-0.2, -0.15) is 0 Å². The third kappa shape index (κ3) is 3.49. The molecule has 0 unspecified atom stereocenters. The molecular weight excluding hydrogens is 382 g/mol. The zero-order valence-electron chi connectivity index (χ0n) is 15.3. The van der Waals surface area contributed by atoms with E-state index in [2.05, 4.69) is 0 Å². The first-order chi connectivity index (χ1) is 13.5. The van der Waals surface area contributed by atoms with Crippen molar-refractivity contribution in [3.05, 3.63) is 52.9 Å². The van der Waals surface area contributed by atoms with E-state index in [4.69, 9.17) is 16.0 Å². The van der Waals surface area contributed by atoms with Crippen LogP contribution in [-0.4, -0.2) is 60.2 Å². The van der Waals surface area contributed by atoms with Gasteiger partial charge in [0.1, 0.15) is 0 Å². The average Bonchev–Trinajstić information content (AvgIpc) is 3.39. The summed E-state index contributed by atoms with van der Waals surface area (Å²) in [6.45, 7) is 2.28. The Morgan fingerprint density at radius 2 is 1.68 bits per heavy atom. The van der Waals surface area contributed by atoms with Crippen LogP contribution in [0, 0.1) is 0 Å². The molecule has 0 atom stereocenters. The minimum Gasteiger partial charge on any atom is -0.459 e. The van der Waals surface area contributed by atoms with E-state index in [0.717, 1.165) is 6.42 Å². The highest BCUT2D eigenvalue weighted by atomic mass is 35.5.